The molecule has 1 aliphatic heterocycles. The summed E-state index contributed by atoms with van der Waals surface area (Å²) in [5.41, 5.74) is 2.02. The predicted molar refractivity (Wildman–Crippen MR) is 67.3 cm³/mol. The number of likely N-dealkylation sites (tertiary alicyclic amines) is 1. The van der Waals surface area contributed by atoms with Gasteiger partial charge in [-0.2, -0.15) is 0 Å². The Bertz CT molecular complexity index is 622. The number of aromatic nitrogens is 4. The fourth-order valence-electron chi connectivity index (χ4n) is 2.34. The predicted octanol–water partition coefficient (Wildman–Crippen LogP) is 0.638. The van der Waals surface area contributed by atoms with Gasteiger partial charge in [0.25, 0.3) is 0 Å². The van der Waals surface area contributed by atoms with E-state index in [2.05, 4.69) is 20.4 Å². The quantitative estimate of drug-likeness (QED) is 0.875. The summed E-state index contributed by atoms with van der Waals surface area (Å²) < 4.78 is 6.75. The minimum absolute atomic E-state index is 0.0193. The molecule has 1 aliphatic rings. The third kappa shape index (κ3) is 2.18. The second-order valence-electron chi connectivity index (χ2n) is 5.04. The Kier molecular flexibility index (Phi) is 3.01. The zero-order valence-corrected chi connectivity index (χ0v) is 11.3. The highest BCUT2D eigenvalue weighted by Crippen LogP contribution is 2.24. The van der Waals surface area contributed by atoms with Crippen LogP contribution in [0.3, 0.4) is 0 Å². The molecule has 0 aliphatic carbocycles. The van der Waals surface area contributed by atoms with Crippen molar-refractivity contribution in [2.75, 3.05) is 13.1 Å². The normalized spacial score (nSPS) is 16.3. The van der Waals surface area contributed by atoms with Crippen LogP contribution < -0.4 is 0 Å². The van der Waals surface area contributed by atoms with Crippen LogP contribution in [0.4, 0.5) is 0 Å². The number of carbonyl (C=O) groups is 1. The maximum atomic E-state index is 10.8. The molecule has 0 radical (unpaired) electrons. The number of nitrogens with zero attached hydrogens (tertiary/aromatic N) is 5. The molecule has 0 spiro atoms. The van der Waals surface area contributed by atoms with Crippen molar-refractivity contribution in [2.45, 2.75) is 26.4 Å². The van der Waals surface area contributed by atoms with Gasteiger partial charge >= 0.3 is 5.97 Å². The van der Waals surface area contributed by atoms with Gasteiger partial charge in [-0.3, -0.25) is 4.90 Å². The molecular formula is C12H15N5O3. The van der Waals surface area contributed by atoms with Crippen molar-refractivity contribution in [3.8, 4) is 0 Å². The van der Waals surface area contributed by atoms with E-state index < -0.39 is 5.97 Å². The Balaban J connectivity index is 1.60. The van der Waals surface area contributed by atoms with Crippen molar-refractivity contribution in [3.05, 3.63) is 28.9 Å². The molecule has 1 fully saturated rings. The molecule has 3 heterocycles. The van der Waals surface area contributed by atoms with Crippen LogP contribution in [0, 0.1) is 13.8 Å². The number of carboxylic acid groups (broad SMARTS) is 1. The van der Waals surface area contributed by atoms with Gasteiger partial charge in [-0.25, -0.2) is 9.48 Å². The lowest BCUT2D eigenvalue weighted by Crippen LogP contribution is -2.47. The standard InChI is InChI=1S/C12H15N5O3/c1-7-10(8(2)20-14-7)5-16-3-9(4-16)17-6-11(12(18)19)13-15-17/h6,9H,3-5H2,1-2H3,(H,18,19). The Morgan fingerprint density at radius 3 is 2.80 bits per heavy atom. The minimum Gasteiger partial charge on any atom is -0.476 e. The van der Waals surface area contributed by atoms with Crippen LogP contribution in [-0.2, 0) is 6.54 Å². The van der Waals surface area contributed by atoms with E-state index in [0.29, 0.717) is 0 Å². The number of hydrogen-bond donors (Lipinski definition) is 1. The van der Waals surface area contributed by atoms with Gasteiger partial charge < -0.3 is 9.63 Å². The number of rotatable bonds is 4. The first-order valence-electron chi connectivity index (χ1n) is 6.34. The Labute approximate surface area is 115 Å². The first-order chi connectivity index (χ1) is 9.54. The second kappa shape index (κ2) is 4.71. The van der Waals surface area contributed by atoms with E-state index >= 15 is 0 Å². The lowest BCUT2D eigenvalue weighted by atomic mass is 10.1. The highest BCUT2D eigenvalue weighted by Gasteiger charge is 2.30. The molecule has 0 unspecified atom stereocenters. The third-order valence-electron chi connectivity index (χ3n) is 3.60. The van der Waals surface area contributed by atoms with Gasteiger partial charge in [-0.15, -0.1) is 5.10 Å². The summed E-state index contributed by atoms with van der Waals surface area (Å²) in [4.78, 5) is 13.0. The molecule has 2 aromatic rings. The Morgan fingerprint density at radius 1 is 1.50 bits per heavy atom. The van der Waals surface area contributed by atoms with Crippen molar-refractivity contribution in [1.82, 2.24) is 25.1 Å². The smallest absolute Gasteiger partial charge is 0.358 e. The van der Waals surface area contributed by atoms with Gasteiger partial charge in [-0.1, -0.05) is 10.4 Å². The van der Waals surface area contributed by atoms with Gasteiger partial charge in [0.15, 0.2) is 5.69 Å². The van der Waals surface area contributed by atoms with Crippen LogP contribution in [0.5, 0.6) is 0 Å². The fraction of sp³-hybridized carbons (Fsp3) is 0.500. The maximum absolute atomic E-state index is 10.8. The van der Waals surface area contributed by atoms with E-state index in [1.54, 1.807) is 4.68 Å². The van der Waals surface area contributed by atoms with Crippen LogP contribution in [0.15, 0.2) is 10.7 Å². The monoisotopic (exact) mass is 277 g/mol. The second-order valence-corrected chi connectivity index (χ2v) is 5.04. The lowest BCUT2D eigenvalue weighted by molar-refractivity contribution is 0.0690. The molecule has 0 bridgehead atoms. The Hall–Kier alpha value is -2.22. The molecule has 3 rings (SSSR count). The van der Waals surface area contributed by atoms with Crippen molar-refractivity contribution >= 4 is 5.97 Å². The van der Waals surface area contributed by atoms with Crippen molar-refractivity contribution in [2.24, 2.45) is 0 Å². The van der Waals surface area contributed by atoms with Gasteiger partial charge in [0, 0.05) is 25.2 Å². The van der Waals surface area contributed by atoms with E-state index in [0.717, 1.165) is 36.7 Å². The average molecular weight is 277 g/mol. The average Bonchev–Trinajstić information content (AvgIpc) is 2.93. The topological polar surface area (TPSA) is 97.3 Å². The van der Waals surface area contributed by atoms with Crippen LogP contribution >= 0.6 is 0 Å². The zero-order valence-electron chi connectivity index (χ0n) is 11.3. The molecule has 2 aromatic heterocycles. The van der Waals surface area contributed by atoms with Gasteiger partial charge in [0.1, 0.15) is 5.76 Å². The SMILES string of the molecule is Cc1noc(C)c1CN1CC(n2cc(C(=O)O)nn2)C1. The highest BCUT2D eigenvalue weighted by molar-refractivity contribution is 5.84. The van der Waals surface area contributed by atoms with Crippen LogP contribution in [0.1, 0.15) is 33.5 Å². The van der Waals surface area contributed by atoms with Crippen LogP contribution in [-0.4, -0.2) is 49.2 Å². The number of aromatic carboxylic acids is 1. The molecule has 0 amide bonds. The molecule has 0 saturated carbocycles. The number of hydrogen-bond acceptors (Lipinski definition) is 6. The molecule has 1 N–H and O–H groups in total. The van der Waals surface area contributed by atoms with Crippen molar-refractivity contribution < 1.29 is 14.4 Å². The number of carboxylic acids is 1. The molecule has 0 atom stereocenters. The van der Waals surface area contributed by atoms with Crippen molar-refractivity contribution in [1.29, 1.82) is 0 Å². The van der Waals surface area contributed by atoms with Crippen molar-refractivity contribution in [3.63, 3.8) is 0 Å². The maximum Gasteiger partial charge on any atom is 0.358 e. The largest absolute Gasteiger partial charge is 0.476 e. The molecule has 20 heavy (non-hydrogen) atoms. The summed E-state index contributed by atoms with van der Waals surface area (Å²) in [5.74, 6) is -0.206. The van der Waals surface area contributed by atoms with E-state index in [9.17, 15) is 4.79 Å². The molecule has 106 valence electrons. The Morgan fingerprint density at radius 2 is 2.25 bits per heavy atom. The first kappa shape index (κ1) is 12.8. The van der Waals surface area contributed by atoms with E-state index in [1.807, 2.05) is 13.8 Å². The van der Waals surface area contributed by atoms with Gasteiger partial charge in [0.2, 0.25) is 0 Å². The minimum atomic E-state index is -1.05. The third-order valence-corrected chi connectivity index (χ3v) is 3.60. The summed E-state index contributed by atoms with van der Waals surface area (Å²) in [6.07, 6.45) is 1.47. The molecule has 8 nitrogen and oxygen atoms in total. The first-order valence-corrected chi connectivity index (χ1v) is 6.34. The summed E-state index contributed by atoms with van der Waals surface area (Å²) in [6.45, 7) is 6.25. The zero-order chi connectivity index (χ0) is 14.3. The highest BCUT2D eigenvalue weighted by atomic mass is 16.5. The number of aryl methyl sites for hydroxylation is 2. The summed E-state index contributed by atoms with van der Waals surface area (Å²) in [5, 5.41) is 20.2. The van der Waals surface area contributed by atoms with Gasteiger partial charge in [0.05, 0.1) is 17.9 Å². The summed E-state index contributed by atoms with van der Waals surface area (Å²) >= 11 is 0. The van der Waals surface area contributed by atoms with Crippen LogP contribution in [0.25, 0.3) is 0 Å². The van der Waals surface area contributed by atoms with E-state index in [4.69, 9.17) is 9.63 Å². The summed E-state index contributed by atoms with van der Waals surface area (Å²) in [7, 11) is 0. The van der Waals surface area contributed by atoms with E-state index in [-0.39, 0.29) is 11.7 Å². The molecular weight excluding hydrogens is 262 g/mol. The molecule has 8 heteroatoms. The van der Waals surface area contributed by atoms with Crippen LogP contribution in [0.2, 0.25) is 0 Å². The summed E-state index contributed by atoms with van der Waals surface area (Å²) in [6, 6.07) is 0.177. The van der Waals surface area contributed by atoms with E-state index in [1.165, 1.54) is 6.20 Å². The lowest BCUT2D eigenvalue weighted by Gasteiger charge is -2.38. The van der Waals surface area contributed by atoms with Gasteiger partial charge in [-0.05, 0) is 13.8 Å². The fourth-order valence-corrected chi connectivity index (χ4v) is 2.34. The molecule has 1 saturated heterocycles. The molecule has 0 aromatic carbocycles.